The van der Waals surface area contributed by atoms with Gasteiger partial charge >= 0.3 is 0 Å². The Bertz CT molecular complexity index is 421. The summed E-state index contributed by atoms with van der Waals surface area (Å²) in [6.45, 7) is 5.85. The molecule has 2 saturated heterocycles. The summed E-state index contributed by atoms with van der Waals surface area (Å²) >= 11 is 0. The van der Waals surface area contributed by atoms with Crippen LogP contribution in [0.5, 0.6) is 0 Å². The molecule has 0 bridgehead atoms. The van der Waals surface area contributed by atoms with Gasteiger partial charge in [-0.2, -0.15) is 0 Å². The first-order chi connectivity index (χ1) is 9.38. The van der Waals surface area contributed by atoms with E-state index in [1.807, 2.05) is 12.1 Å². The van der Waals surface area contributed by atoms with Crippen LogP contribution in [0, 0.1) is 0 Å². The van der Waals surface area contributed by atoms with Crippen LogP contribution in [0.1, 0.15) is 12.0 Å². The maximum atomic E-state index is 9.40. The molecule has 0 aliphatic carbocycles. The lowest BCUT2D eigenvalue weighted by Gasteiger charge is -2.32. The highest BCUT2D eigenvalue weighted by Crippen LogP contribution is 2.24. The van der Waals surface area contributed by atoms with Gasteiger partial charge in [0.15, 0.2) is 0 Å². The topological polar surface area (TPSA) is 48.8 Å². The summed E-state index contributed by atoms with van der Waals surface area (Å²) in [7, 11) is 0. The molecule has 0 saturated carbocycles. The van der Waals surface area contributed by atoms with Crippen LogP contribution < -0.4 is 4.90 Å². The van der Waals surface area contributed by atoms with Crippen LogP contribution in [0.4, 0.5) is 5.82 Å². The molecule has 3 heterocycles. The third-order valence-electron chi connectivity index (χ3n) is 4.06. The Hall–Kier alpha value is -1.17. The predicted molar refractivity (Wildman–Crippen MR) is 73.2 cm³/mol. The summed E-state index contributed by atoms with van der Waals surface area (Å²) in [6.07, 6.45) is 2.97. The highest BCUT2D eigenvalue weighted by molar-refractivity contribution is 5.47. The molecule has 2 fully saturated rings. The van der Waals surface area contributed by atoms with Gasteiger partial charge < -0.3 is 14.7 Å². The third kappa shape index (κ3) is 2.73. The Morgan fingerprint density at radius 3 is 2.95 bits per heavy atom. The first kappa shape index (κ1) is 12.8. The molecule has 5 nitrogen and oxygen atoms in total. The second-order valence-corrected chi connectivity index (χ2v) is 5.18. The number of ether oxygens (including phenoxy) is 1. The summed E-state index contributed by atoms with van der Waals surface area (Å²) in [4.78, 5) is 9.25. The quantitative estimate of drug-likeness (QED) is 0.860. The molecule has 1 aromatic rings. The minimum absolute atomic E-state index is 0.0574. The molecule has 5 heteroatoms. The maximum absolute atomic E-state index is 9.40. The fourth-order valence-corrected chi connectivity index (χ4v) is 3.01. The van der Waals surface area contributed by atoms with Crippen molar-refractivity contribution in [1.29, 1.82) is 0 Å². The van der Waals surface area contributed by atoms with Gasteiger partial charge in [-0.1, -0.05) is 6.07 Å². The van der Waals surface area contributed by atoms with E-state index in [0.29, 0.717) is 6.04 Å². The number of aliphatic hydroxyl groups is 1. The highest BCUT2D eigenvalue weighted by Gasteiger charge is 2.30. The summed E-state index contributed by atoms with van der Waals surface area (Å²) in [6, 6.07) is 4.42. The van der Waals surface area contributed by atoms with Crippen LogP contribution in [0.15, 0.2) is 18.3 Å². The van der Waals surface area contributed by atoms with Crippen LogP contribution in [0.25, 0.3) is 0 Å². The number of hydrogen-bond donors (Lipinski definition) is 1. The van der Waals surface area contributed by atoms with Gasteiger partial charge in [0.25, 0.3) is 0 Å². The van der Waals surface area contributed by atoms with E-state index in [2.05, 4.69) is 14.8 Å². The zero-order valence-electron chi connectivity index (χ0n) is 11.2. The zero-order chi connectivity index (χ0) is 13.1. The van der Waals surface area contributed by atoms with Crippen LogP contribution in [-0.2, 0) is 11.3 Å². The molecule has 0 amide bonds. The Balaban J connectivity index is 1.67. The lowest BCUT2D eigenvalue weighted by Crippen LogP contribution is -2.44. The van der Waals surface area contributed by atoms with Crippen LogP contribution in [0.2, 0.25) is 0 Å². The predicted octanol–water partition coefficient (Wildman–Crippen LogP) is 0.485. The van der Waals surface area contributed by atoms with E-state index >= 15 is 0 Å². The third-order valence-corrected chi connectivity index (χ3v) is 4.06. The summed E-state index contributed by atoms with van der Waals surface area (Å²) in [5.74, 6) is 0.945. The van der Waals surface area contributed by atoms with Gasteiger partial charge in [-0.3, -0.25) is 4.90 Å². The maximum Gasteiger partial charge on any atom is 0.134 e. The standard InChI is InChI=1S/C14H21N3O2/c18-11-12-2-1-4-15-14(12)17-5-3-13(10-17)16-6-8-19-9-7-16/h1-2,4,13,18H,3,5-11H2. The van der Waals surface area contributed by atoms with E-state index in [0.717, 1.165) is 50.8 Å². The molecule has 104 valence electrons. The van der Waals surface area contributed by atoms with E-state index < -0.39 is 0 Å². The fourth-order valence-electron chi connectivity index (χ4n) is 3.01. The monoisotopic (exact) mass is 263 g/mol. The van der Waals surface area contributed by atoms with Gasteiger partial charge in [0.1, 0.15) is 5.82 Å². The highest BCUT2D eigenvalue weighted by atomic mass is 16.5. The molecule has 1 N–H and O–H groups in total. The Morgan fingerprint density at radius 1 is 1.32 bits per heavy atom. The van der Waals surface area contributed by atoms with Crippen molar-refractivity contribution >= 4 is 5.82 Å². The number of hydrogen-bond acceptors (Lipinski definition) is 5. The Kier molecular flexibility index (Phi) is 3.96. The molecule has 2 aliphatic rings. The van der Waals surface area contributed by atoms with Crippen molar-refractivity contribution in [2.24, 2.45) is 0 Å². The van der Waals surface area contributed by atoms with E-state index in [4.69, 9.17) is 4.74 Å². The number of anilines is 1. The number of rotatable bonds is 3. The van der Waals surface area contributed by atoms with Crippen LogP contribution >= 0.6 is 0 Å². The number of pyridine rings is 1. The van der Waals surface area contributed by atoms with Gasteiger partial charge in [-0.05, 0) is 12.5 Å². The fraction of sp³-hybridized carbons (Fsp3) is 0.643. The van der Waals surface area contributed by atoms with Crippen molar-refractivity contribution < 1.29 is 9.84 Å². The Morgan fingerprint density at radius 2 is 2.16 bits per heavy atom. The molecule has 2 aliphatic heterocycles. The molecule has 1 atom stereocenters. The molecule has 1 aromatic heterocycles. The van der Waals surface area contributed by atoms with Gasteiger partial charge in [0.2, 0.25) is 0 Å². The van der Waals surface area contributed by atoms with Gasteiger partial charge in [-0.25, -0.2) is 4.98 Å². The van der Waals surface area contributed by atoms with Gasteiger partial charge in [-0.15, -0.1) is 0 Å². The van der Waals surface area contributed by atoms with Gasteiger partial charge in [0, 0.05) is 44.0 Å². The molecule has 1 unspecified atom stereocenters. The SMILES string of the molecule is OCc1cccnc1N1CCC(N2CCOCC2)C1. The number of aliphatic hydroxyl groups excluding tert-OH is 1. The first-order valence-corrected chi connectivity index (χ1v) is 7.00. The summed E-state index contributed by atoms with van der Waals surface area (Å²) < 4.78 is 5.41. The molecular formula is C14H21N3O2. The summed E-state index contributed by atoms with van der Waals surface area (Å²) in [5, 5.41) is 9.40. The van der Waals surface area contributed by atoms with E-state index in [9.17, 15) is 5.11 Å². The number of aromatic nitrogens is 1. The molecule has 19 heavy (non-hydrogen) atoms. The lowest BCUT2D eigenvalue weighted by molar-refractivity contribution is 0.0209. The van der Waals surface area contributed by atoms with E-state index in [-0.39, 0.29) is 6.61 Å². The van der Waals surface area contributed by atoms with E-state index in [1.54, 1.807) is 6.20 Å². The average molecular weight is 263 g/mol. The second kappa shape index (κ2) is 5.86. The molecule has 0 spiro atoms. The minimum atomic E-state index is 0.0574. The normalized spacial score (nSPS) is 24.9. The van der Waals surface area contributed by atoms with E-state index in [1.165, 1.54) is 6.42 Å². The molecule has 0 aromatic carbocycles. The Labute approximate surface area is 113 Å². The lowest BCUT2D eigenvalue weighted by atomic mass is 10.2. The van der Waals surface area contributed by atoms with Crippen LogP contribution in [0.3, 0.4) is 0 Å². The largest absolute Gasteiger partial charge is 0.392 e. The van der Waals surface area contributed by atoms with Crippen molar-refractivity contribution in [2.45, 2.75) is 19.1 Å². The van der Waals surface area contributed by atoms with Crippen molar-refractivity contribution in [3.8, 4) is 0 Å². The summed E-state index contributed by atoms with van der Waals surface area (Å²) in [5.41, 5.74) is 0.921. The second-order valence-electron chi connectivity index (χ2n) is 5.18. The molecular weight excluding hydrogens is 242 g/mol. The smallest absolute Gasteiger partial charge is 0.134 e. The zero-order valence-corrected chi connectivity index (χ0v) is 11.2. The molecule has 3 rings (SSSR count). The van der Waals surface area contributed by atoms with Crippen molar-refractivity contribution in [3.05, 3.63) is 23.9 Å². The van der Waals surface area contributed by atoms with Crippen molar-refractivity contribution in [2.75, 3.05) is 44.3 Å². The first-order valence-electron chi connectivity index (χ1n) is 7.00. The number of nitrogens with zero attached hydrogens (tertiary/aromatic N) is 3. The number of morpholine rings is 1. The van der Waals surface area contributed by atoms with Crippen LogP contribution in [-0.4, -0.2) is 60.4 Å². The van der Waals surface area contributed by atoms with Crippen molar-refractivity contribution in [1.82, 2.24) is 9.88 Å². The minimum Gasteiger partial charge on any atom is -0.392 e. The van der Waals surface area contributed by atoms with Crippen molar-refractivity contribution in [3.63, 3.8) is 0 Å². The molecule has 0 radical (unpaired) electrons. The van der Waals surface area contributed by atoms with Gasteiger partial charge in [0.05, 0.1) is 19.8 Å². The average Bonchev–Trinajstić information content (AvgIpc) is 2.98.